The van der Waals surface area contributed by atoms with Crippen LogP contribution >= 0.6 is 0 Å². The molecule has 1 nitrogen and oxygen atoms in total. The fourth-order valence-electron chi connectivity index (χ4n) is 2.27. The van der Waals surface area contributed by atoms with Crippen LogP contribution in [0.1, 0.15) is 39.5 Å². The maximum atomic E-state index is 9.58. The second kappa shape index (κ2) is 7.20. The molecule has 0 aliphatic heterocycles. The SMILES string of the molecule is C=C1CC(O)CC/C1=C/C=C(/CC)C(C)[S+](C)C. The molecule has 2 atom stereocenters. The van der Waals surface area contributed by atoms with Crippen molar-refractivity contribution in [1.82, 2.24) is 0 Å². The Morgan fingerprint density at radius 2 is 2.22 bits per heavy atom. The molecule has 1 fully saturated rings. The maximum Gasteiger partial charge on any atom is 0.136 e. The van der Waals surface area contributed by atoms with Crippen LogP contribution in [0.2, 0.25) is 0 Å². The highest BCUT2D eigenvalue weighted by Crippen LogP contribution is 2.28. The van der Waals surface area contributed by atoms with E-state index in [-0.39, 0.29) is 6.10 Å². The van der Waals surface area contributed by atoms with Crippen molar-refractivity contribution in [3.8, 4) is 0 Å². The molecule has 0 aromatic rings. The minimum Gasteiger partial charge on any atom is -0.393 e. The molecule has 102 valence electrons. The Hall–Kier alpha value is -0.470. The van der Waals surface area contributed by atoms with Crippen molar-refractivity contribution in [1.29, 1.82) is 0 Å². The van der Waals surface area contributed by atoms with Gasteiger partial charge in [-0.1, -0.05) is 25.7 Å². The summed E-state index contributed by atoms with van der Waals surface area (Å²) < 4.78 is 0. The van der Waals surface area contributed by atoms with E-state index < -0.39 is 0 Å². The van der Waals surface area contributed by atoms with Gasteiger partial charge in [0.2, 0.25) is 0 Å². The Balaban J connectivity index is 2.78. The minimum atomic E-state index is -0.180. The number of aliphatic hydroxyl groups excluding tert-OH is 1. The number of hydrogen-bond acceptors (Lipinski definition) is 1. The summed E-state index contributed by atoms with van der Waals surface area (Å²) in [6, 6.07) is 0. The molecule has 1 rings (SSSR count). The first-order chi connectivity index (χ1) is 8.45. The molecule has 0 bridgehead atoms. The quantitative estimate of drug-likeness (QED) is 0.771. The molecule has 0 spiro atoms. The normalized spacial score (nSPS) is 25.9. The third kappa shape index (κ3) is 4.33. The lowest BCUT2D eigenvalue weighted by atomic mass is 9.88. The smallest absolute Gasteiger partial charge is 0.136 e. The highest BCUT2D eigenvalue weighted by Gasteiger charge is 2.19. The molecule has 1 N–H and O–H groups in total. The number of hydrogen-bond donors (Lipinski definition) is 1. The summed E-state index contributed by atoms with van der Waals surface area (Å²) in [6.45, 7) is 8.62. The minimum absolute atomic E-state index is 0.180. The van der Waals surface area contributed by atoms with E-state index in [1.165, 1.54) is 11.1 Å². The fourth-order valence-corrected chi connectivity index (χ4v) is 3.12. The molecular weight excluding hydrogens is 240 g/mol. The van der Waals surface area contributed by atoms with E-state index in [1.807, 2.05) is 0 Å². The Labute approximate surface area is 115 Å². The van der Waals surface area contributed by atoms with Crippen LogP contribution in [0.3, 0.4) is 0 Å². The largest absolute Gasteiger partial charge is 0.393 e. The van der Waals surface area contributed by atoms with Crippen molar-refractivity contribution in [3.63, 3.8) is 0 Å². The molecule has 0 radical (unpaired) electrons. The standard InChI is InChI=1S/C16H27OS/c1-6-14(13(3)18(4)5)7-8-15-9-10-16(17)11-12(15)2/h7-8,13,16-17H,2,6,9-11H2,1,3-5H3/q+1/b14-7-,15-8-. The van der Waals surface area contributed by atoms with Crippen molar-refractivity contribution in [2.75, 3.05) is 12.5 Å². The van der Waals surface area contributed by atoms with Crippen LogP contribution in [0.15, 0.2) is 35.5 Å². The molecule has 2 heteroatoms. The van der Waals surface area contributed by atoms with E-state index in [4.69, 9.17) is 0 Å². The lowest BCUT2D eigenvalue weighted by Gasteiger charge is -2.21. The van der Waals surface area contributed by atoms with Crippen molar-refractivity contribution in [2.45, 2.75) is 50.9 Å². The van der Waals surface area contributed by atoms with E-state index >= 15 is 0 Å². The first-order valence-corrected chi connectivity index (χ1v) is 8.88. The summed E-state index contributed by atoms with van der Waals surface area (Å²) >= 11 is 0. The molecule has 0 saturated heterocycles. The lowest BCUT2D eigenvalue weighted by Crippen LogP contribution is -2.17. The topological polar surface area (TPSA) is 20.2 Å². The van der Waals surface area contributed by atoms with Crippen LogP contribution in [0.4, 0.5) is 0 Å². The Bertz CT molecular complexity index is 352. The summed E-state index contributed by atoms with van der Waals surface area (Å²) in [5.41, 5.74) is 3.96. The summed E-state index contributed by atoms with van der Waals surface area (Å²) in [7, 11) is 0.429. The first kappa shape index (κ1) is 15.6. The van der Waals surface area contributed by atoms with Crippen LogP contribution in [0.5, 0.6) is 0 Å². The predicted octanol–water partition coefficient (Wildman–Crippen LogP) is 3.62. The highest BCUT2D eigenvalue weighted by atomic mass is 32.2. The highest BCUT2D eigenvalue weighted by molar-refractivity contribution is 7.96. The third-order valence-corrected chi connectivity index (χ3v) is 5.54. The molecule has 0 aromatic carbocycles. The van der Waals surface area contributed by atoms with E-state index in [9.17, 15) is 5.11 Å². The third-order valence-electron chi connectivity index (χ3n) is 3.82. The van der Waals surface area contributed by atoms with Crippen LogP contribution in [0, 0.1) is 0 Å². The number of allylic oxidation sites excluding steroid dienone is 3. The van der Waals surface area contributed by atoms with Gasteiger partial charge in [0.15, 0.2) is 0 Å². The molecule has 1 saturated carbocycles. The molecule has 0 heterocycles. The zero-order chi connectivity index (χ0) is 13.7. The van der Waals surface area contributed by atoms with Gasteiger partial charge in [0.05, 0.1) is 18.6 Å². The van der Waals surface area contributed by atoms with Crippen molar-refractivity contribution < 1.29 is 5.11 Å². The zero-order valence-corrected chi connectivity index (χ0v) is 13.0. The Morgan fingerprint density at radius 1 is 1.56 bits per heavy atom. The number of rotatable bonds is 4. The van der Waals surface area contributed by atoms with Gasteiger partial charge in [-0.15, -0.1) is 0 Å². The van der Waals surface area contributed by atoms with Gasteiger partial charge >= 0.3 is 0 Å². The van der Waals surface area contributed by atoms with E-state index in [0.717, 1.165) is 31.3 Å². The molecule has 1 aliphatic rings. The van der Waals surface area contributed by atoms with Gasteiger partial charge in [0.25, 0.3) is 0 Å². The second-order valence-corrected chi connectivity index (χ2v) is 7.78. The van der Waals surface area contributed by atoms with Gasteiger partial charge < -0.3 is 5.11 Å². The molecule has 0 aromatic heterocycles. The van der Waals surface area contributed by atoms with Gasteiger partial charge in [-0.25, -0.2) is 0 Å². The Morgan fingerprint density at radius 3 is 2.72 bits per heavy atom. The van der Waals surface area contributed by atoms with Crippen LogP contribution in [0.25, 0.3) is 0 Å². The fraction of sp³-hybridized carbons (Fsp3) is 0.625. The van der Waals surface area contributed by atoms with Gasteiger partial charge in [-0.3, -0.25) is 0 Å². The maximum absolute atomic E-state index is 9.58. The molecule has 1 aliphatic carbocycles. The summed E-state index contributed by atoms with van der Waals surface area (Å²) in [4.78, 5) is 0. The van der Waals surface area contributed by atoms with Crippen LogP contribution in [-0.4, -0.2) is 29.0 Å². The summed E-state index contributed by atoms with van der Waals surface area (Å²) in [6.07, 6.45) is 12.6. The predicted molar refractivity (Wildman–Crippen MR) is 84.1 cm³/mol. The van der Waals surface area contributed by atoms with Gasteiger partial charge in [0, 0.05) is 0 Å². The monoisotopic (exact) mass is 267 g/mol. The van der Waals surface area contributed by atoms with Crippen LogP contribution in [-0.2, 0) is 10.9 Å². The van der Waals surface area contributed by atoms with Gasteiger partial charge in [-0.05, 0) is 60.2 Å². The average Bonchev–Trinajstić information content (AvgIpc) is 2.31. The van der Waals surface area contributed by atoms with E-state index in [2.05, 4.69) is 45.1 Å². The van der Waals surface area contributed by atoms with Crippen LogP contribution < -0.4 is 0 Å². The van der Waals surface area contributed by atoms with E-state index in [0.29, 0.717) is 16.1 Å². The molecule has 2 unspecified atom stereocenters. The summed E-state index contributed by atoms with van der Waals surface area (Å²) in [5.74, 6) is 0. The Kier molecular flexibility index (Phi) is 6.24. The van der Waals surface area contributed by atoms with Crippen molar-refractivity contribution >= 4 is 10.9 Å². The van der Waals surface area contributed by atoms with Crippen molar-refractivity contribution in [2.24, 2.45) is 0 Å². The molecule has 0 amide bonds. The lowest BCUT2D eigenvalue weighted by molar-refractivity contribution is 0.158. The van der Waals surface area contributed by atoms with Crippen molar-refractivity contribution in [3.05, 3.63) is 35.5 Å². The van der Waals surface area contributed by atoms with Gasteiger partial charge in [-0.2, -0.15) is 0 Å². The summed E-state index contributed by atoms with van der Waals surface area (Å²) in [5, 5.41) is 10.2. The zero-order valence-electron chi connectivity index (χ0n) is 12.2. The first-order valence-electron chi connectivity index (χ1n) is 6.77. The average molecular weight is 267 g/mol. The number of aliphatic hydroxyl groups is 1. The molecular formula is C16H27OS+. The second-order valence-electron chi connectivity index (χ2n) is 5.31. The molecule has 18 heavy (non-hydrogen) atoms. The van der Waals surface area contributed by atoms with E-state index in [1.54, 1.807) is 0 Å². The van der Waals surface area contributed by atoms with Gasteiger partial charge in [0.1, 0.15) is 5.25 Å².